The van der Waals surface area contributed by atoms with Crippen molar-refractivity contribution in [2.24, 2.45) is 0 Å². The van der Waals surface area contributed by atoms with Crippen molar-refractivity contribution in [3.63, 3.8) is 0 Å². The zero-order chi connectivity index (χ0) is 14.7. The molecule has 0 aliphatic carbocycles. The summed E-state index contributed by atoms with van der Waals surface area (Å²) >= 11 is 0. The van der Waals surface area contributed by atoms with Crippen molar-refractivity contribution in [1.82, 2.24) is 4.90 Å². The lowest BCUT2D eigenvalue weighted by atomic mass is 10.1. The van der Waals surface area contributed by atoms with Gasteiger partial charge in [-0.05, 0) is 30.5 Å². The predicted molar refractivity (Wildman–Crippen MR) is 67.0 cm³/mol. The lowest BCUT2D eigenvalue weighted by Gasteiger charge is -2.23. The first kappa shape index (κ1) is 14.4. The average Bonchev–Trinajstić information content (AvgIpc) is 2.81. The number of carbonyl (C=O) groups is 2. The molecule has 1 aromatic carbocycles. The summed E-state index contributed by atoms with van der Waals surface area (Å²) in [5.41, 5.74) is 0.384. The first-order chi connectivity index (χ1) is 9.47. The molecule has 1 unspecified atom stereocenters. The van der Waals surface area contributed by atoms with E-state index in [1.165, 1.54) is 11.0 Å². The molecule has 108 valence electrons. The number of benzene rings is 1. The van der Waals surface area contributed by atoms with E-state index in [4.69, 9.17) is 5.11 Å². The number of nitrogens with zero attached hydrogens (tertiary/aromatic N) is 1. The Morgan fingerprint density at radius 1 is 1.30 bits per heavy atom. The van der Waals surface area contributed by atoms with Crippen LogP contribution in [-0.2, 0) is 16.0 Å². The molecule has 1 N–H and O–H groups in total. The van der Waals surface area contributed by atoms with Crippen LogP contribution in [0.25, 0.3) is 0 Å². The van der Waals surface area contributed by atoms with Gasteiger partial charge in [0.2, 0.25) is 5.91 Å². The first-order valence-corrected chi connectivity index (χ1v) is 6.42. The lowest BCUT2D eigenvalue weighted by Crippen LogP contribution is -2.37. The molecule has 20 heavy (non-hydrogen) atoms. The van der Waals surface area contributed by atoms with Gasteiger partial charge in [-0.15, -0.1) is 0 Å². The number of carboxylic acid groups (broad SMARTS) is 1. The van der Waals surface area contributed by atoms with Crippen LogP contribution in [0.5, 0.6) is 0 Å². The van der Waals surface area contributed by atoms with E-state index in [9.17, 15) is 18.4 Å². The molecule has 0 saturated carbocycles. The number of amides is 1. The Kier molecular flexibility index (Phi) is 4.32. The Morgan fingerprint density at radius 3 is 2.70 bits per heavy atom. The Labute approximate surface area is 115 Å². The fourth-order valence-corrected chi connectivity index (χ4v) is 2.50. The molecule has 1 aliphatic rings. The van der Waals surface area contributed by atoms with Crippen molar-refractivity contribution in [3.8, 4) is 0 Å². The van der Waals surface area contributed by atoms with E-state index in [1.54, 1.807) is 0 Å². The highest BCUT2D eigenvalue weighted by Crippen LogP contribution is 2.21. The Balaban J connectivity index is 2.03. The van der Waals surface area contributed by atoms with Gasteiger partial charge >= 0.3 is 5.97 Å². The summed E-state index contributed by atoms with van der Waals surface area (Å²) in [5.74, 6) is -3.13. The molecule has 1 amide bonds. The zero-order valence-electron chi connectivity index (χ0n) is 10.8. The van der Waals surface area contributed by atoms with Crippen molar-refractivity contribution < 1.29 is 23.5 Å². The van der Waals surface area contributed by atoms with Gasteiger partial charge in [-0.25, -0.2) is 8.78 Å². The molecule has 1 aromatic rings. The Morgan fingerprint density at radius 2 is 2.05 bits per heavy atom. The average molecular weight is 283 g/mol. The van der Waals surface area contributed by atoms with Crippen LogP contribution in [0.2, 0.25) is 0 Å². The third kappa shape index (κ3) is 3.31. The minimum atomic E-state index is -0.987. The number of hydrogen-bond acceptors (Lipinski definition) is 2. The summed E-state index contributed by atoms with van der Waals surface area (Å²) in [6.07, 6.45) is 1.30. The highest BCUT2D eigenvalue weighted by molar-refractivity contribution is 5.80. The van der Waals surface area contributed by atoms with E-state index in [-0.39, 0.29) is 24.8 Å². The second-order valence-corrected chi connectivity index (χ2v) is 4.91. The number of aliphatic carboxylic acids is 1. The number of carbonyl (C=O) groups excluding carboxylic acids is 1. The van der Waals surface area contributed by atoms with Crippen molar-refractivity contribution in [1.29, 1.82) is 0 Å². The number of halogens is 2. The molecule has 4 nitrogen and oxygen atoms in total. The maximum absolute atomic E-state index is 13.1. The molecule has 1 atom stereocenters. The van der Waals surface area contributed by atoms with Crippen LogP contribution in [0.1, 0.15) is 24.8 Å². The normalized spacial score (nSPS) is 18.3. The van der Waals surface area contributed by atoms with Gasteiger partial charge in [0, 0.05) is 12.6 Å². The van der Waals surface area contributed by atoms with Crippen molar-refractivity contribution in [3.05, 3.63) is 35.4 Å². The Bertz CT molecular complexity index is 533. The highest BCUT2D eigenvalue weighted by Gasteiger charge is 2.30. The minimum absolute atomic E-state index is 0.0483. The third-order valence-electron chi connectivity index (χ3n) is 3.45. The molecule has 1 heterocycles. The summed E-state index contributed by atoms with van der Waals surface area (Å²) in [4.78, 5) is 24.4. The van der Waals surface area contributed by atoms with E-state index in [0.29, 0.717) is 18.5 Å². The van der Waals surface area contributed by atoms with Crippen LogP contribution < -0.4 is 0 Å². The fraction of sp³-hybridized carbons (Fsp3) is 0.429. The Hall–Kier alpha value is -1.98. The van der Waals surface area contributed by atoms with Gasteiger partial charge in [0.05, 0.1) is 12.8 Å². The number of rotatable bonds is 4. The smallest absolute Gasteiger partial charge is 0.305 e. The first-order valence-electron chi connectivity index (χ1n) is 6.42. The molecule has 6 heteroatoms. The molecule has 0 radical (unpaired) electrons. The van der Waals surface area contributed by atoms with Gasteiger partial charge < -0.3 is 10.0 Å². The van der Waals surface area contributed by atoms with Gasteiger partial charge in [0.25, 0.3) is 0 Å². The summed E-state index contributed by atoms with van der Waals surface area (Å²) < 4.78 is 25.9. The topological polar surface area (TPSA) is 57.6 Å². The summed E-state index contributed by atoms with van der Waals surface area (Å²) in [5, 5.41) is 8.80. The molecular formula is C14H15F2NO3. The second-order valence-electron chi connectivity index (χ2n) is 4.91. The van der Waals surface area contributed by atoms with E-state index >= 15 is 0 Å². The highest BCUT2D eigenvalue weighted by atomic mass is 19.2. The number of hydrogen-bond donors (Lipinski definition) is 1. The summed E-state index contributed by atoms with van der Waals surface area (Å²) in [6.45, 7) is 0.514. The van der Waals surface area contributed by atoms with Crippen molar-refractivity contribution in [2.45, 2.75) is 31.7 Å². The molecule has 0 spiro atoms. The molecule has 2 rings (SSSR count). The standard InChI is InChI=1S/C14H15F2NO3/c15-11-4-3-9(6-12(11)16)7-13(18)17-5-1-2-10(17)8-14(19)20/h3-4,6,10H,1-2,5,7-8H2,(H,19,20). The molecule has 1 aliphatic heterocycles. The van der Waals surface area contributed by atoms with Gasteiger partial charge in [-0.2, -0.15) is 0 Å². The van der Waals surface area contributed by atoms with Crippen LogP contribution in [-0.4, -0.2) is 34.5 Å². The van der Waals surface area contributed by atoms with Crippen LogP contribution >= 0.6 is 0 Å². The molecule has 0 aromatic heterocycles. The predicted octanol–water partition coefficient (Wildman–Crippen LogP) is 1.97. The minimum Gasteiger partial charge on any atom is -0.481 e. The largest absolute Gasteiger partial charge is 0.481 e. The third-order valence-corrected chi connectivity index (χ3v) is 3.45. The van der Waals surface area contributed by atoms with E-state index in [2.05, 4.69) is 0 Å². The van der Waals surface area contributed by atoms with E-state index < -0.39 is 17.6 Å². The number of likely N-dealkylation sites (tertiary alicyclic amines) is 1. The molecule has 1 saturated heterocycles. The fourth-order valence-electron chi connectivity index (χ4n) is 2.50. The van der Waals surface area contributed by atoms with Gasteiger partial charge in [0.1, 0.15) is 0 Å². The maximum Gasteiger partial charge on any atom is 0.305 e. The quantitative estimate of drug-likeness (QED) is 0.919. The van der Waals surface area contributed by atoms with E-state index in [0.717, 1.165) is 18.6 Å². The maximum atomic E-state index is 13.1. The lowest BCUT2D eigenvalue weighted by molar-refractivity contribution is -0.139. The monoisotopic (exact) mass is 283 g/mol. The van der Waals surface area contributed by atoms with Crippen LogP contribution in [0.15, 0.2) is 18.2 Å². The summed E-state index contributed by atoms with van der Waals surface area (Å²) in [6, 6.07) is 3.04. The van der Waals surface area contributed by atoms with Gasteiger partial charge in [0.15, 0.2) is 11.6 Å². The van der Waals surface area contributed by atoms with Crippen LogP contribution in [0.3, 0.4) is 0 Å². The van der Waals surface area contributed by atoms with Crippen LogP contribution in [0, 0.1) is 11.6 Å². The second kappa shape index (κ2) is 5.98. The van der Waals surface area contributed by atoms with Gasteiger partial charge in [-0.3, -0.25) is 9.59 Å². The SMILES string of the molecule is O=C(O)CC1CCCN1C(=O)Cc1ccc(F)c(F)c1. The van der Waals surface area contributed by atoms with E-state index in [1.807, 2.05) is 0 Å². The van der Waals surface area contributed by atoms with Crippen molar-refractivity contribution >= 4 is 11.9 Å². The van der Waals surface area contributed by atoms with Gasteiger partial charge in [-0.1, -0.05) is 6.07 Å². The summed E-state index contributed by atoms with van der Waals surface area (Å²) in [7, 11) is 0. The van der Waals surface area contributed by atoms with Crippen molar-refractivity contribution in [2.75, 3.05) is 6.54 Å². The molecular weight excluding hydrogens is 268 g/mol. The zero-order valence-corrected chi connectivity index (χ0v) is 10.8. The molecule has 1 fully saturated rings. The van der Waals surface area contributed by atoms with Crippen LogP contribution in [0.4, 0.5) is 8.78 Å². The molecule has 0 bridgehead atoms. The number of carboxylic acids is 1.